The lowest BCUT2D eigenvalue weighted by Crippen LogP contribution is -2.57. The van der Waals surface area contributed by atoms with Crippen molar-refractivity contribution < 1.29 is 13.9 Å². The Hall–Kier alpha value is -4.01. The number of piperazine rings is 1. The second-order valence-electron chi connectivity index (χ2n) is 11.8. The first-order valence-electron chi connectivity index (χ1n) is 15.0. The summed E-state index contributed by atoms with van der Waals surface area (Å²) in [5.41, 5.74) is 2.80. The molecule has 0 spiro atoms. The zero-order valence-corrected chi connectivity index (χ0v) is 25.6. The number of pyridine rings is 1. The predicted molar refractivity (Wildman–Crippen MR) is 169 cm³/mol. The van der Waals surface area contributed by atoms with E-state index >= 15 is 0 Å². The van der Waals surface area contributed by atoms with Gasteiger partial charge in [0.2, 0.25) is 6.54 Å². The van der Waals surface area contributed by atoms with E-state index in [2.05, 4.69) is 38.2 Å². The molecule has 1 atom stereocenters. The van der Waals surface area contributed by atoms with Crippen molar-refractivity contribution >= 4 is 39.8 Å². The standard InChI is InChI=1S/C32H36ClFN8O2/c1-21(34)31(43)42-12-11-41(19-24(42)16-35-2)30-25-9-10-40(28-17-36-15-23-5-4-6-26(33)29(23)28)20-27(25)37-32(38-30)44-14-13-39(3)18-22-7-8-22/h4-6,15,17,22,24H,1,7-14,16,18-20H2,3H3/t24-/m0/s1. The number of halogens is 2. The molecular formula is C32H36ClFN8O2. The third-order valence-corrected chi connectivity index (χ3v) is 8.94. The smallest absolute Gasteiger partial charge is 0.318 e. The molecule has 1 saturated carbocycles. The molecule has 0 N–H and O–H groups in total. The molecule has 1 aliphatic carbocycles. The Bertz CT molecular complexity index is 1600. The van der Waals surface area contributed by atoms with Gasteiger partial charge in [-0.1, -0.05) is 30.3 Å². The van der Waals surface area contributed by atoms with Gasteiger partial charge in [-0.2, -0.15) is 9.97 Å². The Morgan fingerprint density at radius 3 is 2.84 bits per heavy atom. The van der Waals surface area contributed by atoms with Crippen LogP contribution in [0.3, 0.4) is 0 Å². The Labute approximate surface area is 261 Å². The summed E-state index contributed by atoms with van der Waals surface area (Å²) >= 11 is 6.66. The zero-order chi connectivity index (χ0) is 30.8. The molecule has 44 heavy (non-hydrogen) atoms. The number of anilines is 2. The van der Waals surface area contributed by atoms with Crippen molar-refractivity contribution in [2.75, 3.05) is 69.3 Å². The fourth-order valence-corrected chi connectivity index (χ4v) is 6.47. The minimum absolute atomic E-state index is 0.0576. The van der Waals surface area contributed by atoms with Gasteiger partial charge in [0, 0.05) is 61.8 Å². The summed E-state index contributed by atoms with van der Waals surface area (Å²) < 4.78 is 20.0. The van der Waals surface area contributed by atoms with Crippen LogP contribution in [-0.4, -0.2) is 96.2 Å². The number of benzene rings is 1. The number of amides is 1. The lowest BCUT2D eigenvalue weighted by Gasteiger charge is -2.41. The normalized spacial score (nSPS) is 18.3. The largest absolute Gasteiger partial charge is 0.462 e. The van der Waals surface area contributed by atoms with Gasteiger partial charge in [0.05, 0.1) is 29.1 Å². The van der Waals surface area contributed by atoms with Crippen molar-refractivity contribution in [2.24, 2.45) is 5.92 Å². The van der Waals surface area contributed by atoms with Crippen LogP contribution in [0.25, 0.3) is 15.6 Å². The number of likely N-dealkylation sites (N-methyl/N-ethyl adjacent to an activating group) is 1. The van der Waals surface area contributed by atoms with Crippen molar-refractivity contribution in [3.63, 3.8) is 0 Å². The molecule has 1 amide bonds. The molecule has 2 aromatic heterocycles. The number of carbonyl (C=O) groups is 1. The van der Waals surface area contributed by atoms with E-state index in [9.17, 15) is 9.18 Å². The number of rotatable bonds is 10. The zero-order valence-electron chi connectivity index (χ0n) is 24.9. The summed E-state index contributed by atoms with van der Waals surface area (Å²) in [5, 5.41) is 2.59. The Morgan fingerprint density at radius 1 is 1.23 bits per heavy atom. The Morgan fingerprint density at radius 2 is 2.07 bits per heavy atom. The molecule has 3 aromatic rings. The van der Waals surface area contributed by atoms with E-state index in [-0.39, 0.29) is 13.1 Å². The van der Waals surface area contributed by atoms with Crippen LogP contribution < -0.4 is 14.5 Å². The van der Waals surface area contributed by atoms with E-state index in [1.807, 2.05) is 30.6 Å². The van der Waals surface area contributed by atoms with E-state index in [0.717, 1.165) is 52.5 Å². The molecule has 2 fully saturated rings. The number of hydrogen-bond donors (Lipinski definition) is 0. The third kappa shape index (κ3) is 6.42. The third-order valence-electron chi connectivity index (χ3n) is 8.62. The van der Waals surface area contributed by atoms with Crippen LogP contribution in [0.15, 0.2) is 43.0 Å². The van der Waals surface area contributed by atoms with Gasteiger partial charge in [-0.25, -0.2) is 11.0 Å². The average molecular weight is 619 g/mol. The molecule has 0 radical (unpaired) electrons. The highest BCUT2D eigenvalue weighted by Gasteiger charge is 2.36. The first-order valence-corrected chi connectivity index (χ1v) is 15.4. The summed E-state index contributed by atoms with van der Waals surface area (Å²) in [6.45, 7) is 15.2. The summed E-state index contributed by atoms with van der Waals surface area (Å²) in [5.74, 6) is -0.247. The molecule has 1 saturated heterocycles. The highest BCUT2D eigenvalue weighted by atomic mass is 35.5. The van der Waals surface area contributed by atoms with E-state index in [1.165, 1.54) is 17.7 Å². The maximum Gasteiger partial charge on any atom is 0.318 e. The molecule has 10 nitrogen and oxygen atoms in total. The number of nitrogens with zero attached hydrogens (tertiary/aromatic N) is 8. The molecular weight excluding hydrogens is 583 g/mol. The van der Waals surface area contributed by atoms with Gasteiger partial charge < -0.3 is 29.2 Å². The second-order valence-corrected chi connectivity index (χ2v) is 12.2. The Balaban J connectivity index is 1.30. The van der Waals surface area contributed by atoms with Gasteiger partial charge in [0.25, 0.3) is 5.91 Å². The molecule has 1 aromatic carbocycles. The average Bonchev–Trinajstić information content (AvgIpc) is 3.84. The van der Waals surface area contributed by atoms with Gasteiger partial charge in [-0.3, -0.25) is 9.78 Å². The molecule has 4 heterocycles. The lowest BCUT2D eigenvalue weighted by atomic mass is 10.0. The van der Waals surface area contributed by atoms with Crippen LogP contribution in [0.4, 0.5) is 15.9 Å². The minimum atomic E-state index is -1.02. The van der Waals surface area contributed by atoms with Crippen LogP contribution in [0.2, 0.25) is 5.02 Å². The van der Waals surface area contributed by atoms with Crippen LogP contribution in [0.1, 0.15) is 24.1 Å². The number of carbonyl (C=O) groups excluding carboxylic acids is 1. The fourth-order valence-electron chi connectivity index (χ4n) is 6.19. The number of fused-ring (bicyclic) bond motifs is 2. The van der Waals surface area contributed by atoms with E-state index in [1.54, 1.807) is 0 Å². The summed E-state index contributed by atoms with van der Waals surface area (Å²) in [7, 11) is 2.10. The van der Waals surface area contributed by atoms with Crippen molar-refractivity contribution in [3.8, 4) is 6.01 Å². The molecule has 12 heteroatoms. The van der Waals surface area contributed by atoms with Gasteiger partial charge in [0.15, 0.2) is 5.83 Å². The molecule has 0 bridgehead atoms. The maximum absolute atomic E-state index is 13.8. The van der Waals surface area contributed by atoms with Crippen molar-refractivity contribution in [3.05, 3.63) is 70.7 Å². The van der Waals surface area contributed by atoms with Gasteiger partial charge in [-0.05, 0) is 38.3 Å². The highest BCUT2D eigenvalue weighted by molar-refractivity contribution is 6.36. The lowest BCUT2D eigenvalue weighted by molar-refractivity contribution is -0.131. The van der Waals surface area contributed by atoms with Crippen LogP contribution in [0.5, 0.6) is 6.01 Å². The highest BCUT2D eigenvalue weighted by Crippen LogP contribution is 2.37. The summed E-state index contributed by atoms with van der Waals surface area (Å²) in [4.78, 5) is 38.3. The number of aromatic nitrogens is 3. The first-order chi connectivity index (χ1) is 21.3. The van der Waals surface area contributed by atoms with Crippen molar-refractivity contribution in [2.45, 2.75) is 31.8 Å². The van der Waals surface area contributed by atoms with Crippen LogP contribution in [0, 0.1) is 12.5 Å². The molecule has 6 rings (SSSR count). The SMILES string of the molecule is [C-]#[N+]C[C@H]1CN(c2nc(OCCN(C)CC3CC3)nc3c2CCN(c2cncc4cccc(Cl)c24)C3)CCN1C(=O)C(=C)F. The quantitative estimate of drug-likeness (QED) is 0.245. The maximum atomic E-state index is 13.8. The first kappa shape index (κ1) is 30.0. The minimum Gasteiger partial charge on any atom is -0.462 e. The van der Waals surface area contributed by atoms with Crippen molar-refractivity contribution in [1.82, 2.24) is 24.8 Å². The number of ether oxygens (including phenoxy) is 1. The van der Waals surface area contributed by atoms with E-state index < -0.39 is 17.8 Å². The summed E-state index contributed by atoms with van der Waals surface area (Å²) in [6.07, 6.45) is 6.92. The predicted octanol–water partition coefficient (Wildman–Crippen LogP) is 4.38. The number of hydrogen-bond acceptors (Lipinski definition) is 8. The molecule has 3 aliphatic rings. The van der Waals surface area contributed by atoms with Gasteiger partial charge >= 0.3 is 6.01 Å². The van der Waals surface area contributed by atoms with Gasteiger partial charge in [-0.15, -0.1) is 0 Å². The summed E-state index contributed by atoms with van der Waals surface area (Å²) in [6, 6.07) is 5.62. The molecule has 230 valence electrons. The topological polar surface area (TPSA) is 82.3 Å². The van der Waals surface area contributed by atoms with Gasteiger partial charge in [0.1, 0.15) is 18.5 Å². The van der Waals surface area contributed by atoms with Crippen LogP contribution in [-0.2, 0) is 17.8 Å². The fraction of sp³-hybridized carbons (Fsp3) is 0.469. The van der Waals surface area contributed by atoms with Crippen molar-refractivity contribution in [1.29, 1.82) is 0 Å². The van der Waals surface area contributed by atoms with Crippen LogP contribution >= 0.6 is 11.6 Å². The second kappa shape index (κ2) is 12.9. The van der Waals surface area contributed by atoms with E-state index in [0.29, 0.717) is 50.2 Å². The monoisotopic (exact) mass is 618 g/mol. The Kier molecular flexibility index (Phi) is 8.82. The molecule has 2 aliphatic heterocycles. The van der Waals surface area contributed by atoms with E-state index in [4.69, 9.17) is 32.9 Å². The molecule has 0 unspecified atom stereocenters.